The molecule has 0 spiro atoms. The zero-order chi connectivity index (χ0) is 16.0. The summed E-state index contributed by atoms with van der Waals surface area (Å²) in [5.74, 6) is 0.935. The third-order valence-electron chi connectivity index (χ3n) is 3.57. The summed E-state index contributed by atoms with van der Waals surface area (Å²) in [6, 6.07) is 8.08. The zero-order valence-corrected chi connectivity index (χ0v) is 14.7. The van der Waals surface area contributed by atoms with E-state index in [0.29, 0.717) is 6.54 Å². The number of carbonyl (C=O) groups excluding carboxylic acids is 1. The predicted octanol–water partition coefficient (Wildman–Crippen LogP) is 3.02. The van der Waals surface area contributed by atoms with Gasteiger partial charge >= 0.3 is 0 Å². The van der Waals surface area contributed by atoms with E-state index in [9.17, 15) is 4.79 Å². The van der Waals surface area contributed by atoms with Crippen molar-refractivity contribution >= 4 is 17.7 Å². The van der Waals surface area contributed by atoms with Crippen molar-refractivity contribution in [2.75, 3.05) is 19.1 Å². The molecule has 1 rings (SSSR count). The Kier molecular flexibility index (Phi) is 6.75. The molecular weight excluding hydrogens is 280 g/mol. The summed E-state index contributed by atoms with van der Waals surface area (Å²) >= 11 is 1.72. The molecule has 3 nitrogen and oxygen atoms in total. The number of rotatable bonds is 6. The number of amides is 1. The number of likely N-dealkylation sites (N-methyl/N-ethyl adjacent to an activating group) is 1. The molecule has 0 saturated heterocycles. The van der Waals surface area contributed by atoms with E-state index in [1.54, 1.807) is 16.7 Å². The van der Waals surface area contributed by atoms with Crippen LogP contribution in [0.4, 0.5) is 0 Å². The fraction of sp³-hybridized carbons (Fsp3) is 0.588. The van der Waals surface area contributed by atoms with Crippen LogP contribution in [-0.2, 0) is 16.8 Å². The lowest BCUT2D eigenvalue weighted by atomic mass is 9.87. The van der Waals surface area contributed by atoms with Gasteiger partial charge in [-0.25, -0.2) is 0 Å². The second kappa shape index (κ2) is 7.85. The lowest BCUT2D eigenvalue weighted by molar-refractivity contribution is -0.131. The molecule has 0 radical (unpaired) electrons. The Labute approximate surface area is 133 Å². The van der Waals surface area contributed by atoms with Crippen LogP contribution in [0.5, 0.6) is 0 Å². The van der Waals surface area contributed by atoms with Crippen molar-refractivity contribution < 1.29 is 4.79 Å². The number of thioether (sulfide) groups is 1. The van der Waals surface area contributed by atoms with Gasteiger partial charge in [0.25, 0.3) is 0 Å². The first-order valence-electron chi connectivity index (χ1n) is 7.34. The molecule has 1 amide bonds. The SMILES string of the molecule is CSCC[C@@H](N)C(=O)N(C)Cc1ccc(C(C)(C)C)cc1. The molecule has 1 aromatic rings. The third kappa shape index (κ3) is 5.71. The minimum Gasteiger partial charge on any atom is -0.340 e. The summed E-state index contributed by atoms with van der Waals surface area (Å²) in [4.78, 5) is 13.9. The summed E-state index contributed by atoms with van der Waals surface area (Å²) < 4.78 is 0. The van der Waals surface area contributed by atoms with Crippen molar-refractivity contribution in [3.05, 3.63) is 35.4 Å². The Bertz CT molecular complexity index is 451. The maximum Gasteiger partial charge on any atom is 0.239 e. The van der Waals surface area contributed by atoms with Gasteiger partial charge in [-0.2, -0.15) is 11.8 Å². The van der Waals surface area contributed by atoms with E-state index in [-0.39, 0.29) is 11.3 Å². The van der Waals surface area contributed by atoms with Crippen LogP contribution in [0.1, 0.15) is 38.3 Å². The van der Waals surface area contributed by atoms with E-state index in [4.69, 9.17) is 5.73 Å². The topological polar surface area (TPSA) is 46.3 Å². The average molecular weight is 308 g/mol. The molecule has 1 aromatic carbocycles. The van der Waals surface area contributed by atoms with Crippen LogP contribution in [0.25, 0.3) is 0 Å². The van der Waals surface area contributed by atoms with E-state index < -0.39 is 6.04 Å². The maximum absolute atomic E-state index is 12.2. The van der Waals surface area contributed by atoms with Gasteiger partial charge < -0.3 is 10.6 Å². The third-order valence-corrected chi connectivity index (χ3v) is 4.21. The highest BCUT2D eigenvalue weighted by Crippen LogP contribution is 2.22. The number of hydrogen-bond acceptors (Lipinski definition) is 3. The largest absolute Gasteiger partial charge is 0.340 e. The molecule has 0 aromatic heterocycles. The molecule has 0 aliphatic rings. The standard InChI is InChI=1S/C17H28N2OS/c1-17(2,3)14-8-6-13(7-9-14)12-19(4)16(20)15(18)10-11-21-5/h6-9,15H,10-12,18H2,1-5H3/t15-/m1/s1. The molecule has 0 aliphatic carbocycles. The van der Waals surface area contributed by atoms with Gasteiger partial charge in [-0.1, -0.05) is 45.0 Å². The van der Waals surface area contributed by atoms with E-state index in [0.717, 1.165) is 17.7 Å². The summed E-state index contributed by atoms with van der Waals surface area (Å²) in [6.45, 7) is 7.20. The van der Waals surface area contributed by atoms with Crippen molar-refractivity contribution in [2.45, 2.75) is 45.2 Å². The van der Waals surface area contributed by atoms with Crippen LogP contribution in [0, 0.1) is 0 Å². The van der Waals surface area contributed by atoms with E-state index >= 15 is 0 Å². The van der Waals surface area contributed by atoms with Crippen LogP contribution < -0.4 is 5.73 Å². The smallest absolute Gasteiger partial charge is 0.239 e. The Morgan fingerprint density at radius 1 is 1.29 bits per heavy atom. The van der Waals surface area contributed by atoms with Crippen molar-refractivity contribution in [1.82, 2.24) is 4.90 Å². The van der Waals surface area contributed by atoms with Crippen molar-refractivity contribution in [3.8, 4) is 0 Å². The molecule has 0 bridgehead atoms. The summed E-state index contributed by atoms with van der Waals surface area (Å²) in [7, 11) is 1.82. The van der Waals surface area contributed by atoms with Gasteiger partial charge in [-0.15, -0.1) is 0 Å². The van der Waals surface area contributed by atoms with Gasteiger partial charge in [0.05, 0.1) is 6.04 Å². The first kappa shape index (κ1) is 18.1. The molecule has 4 heteroatoms. The second-order valence-corrected chi connectivity index (χ2v) is 7.51. The lowest BCUT2D eigenvalue weighted by Crippen LogP contribution is -2.41. The minimum absolute atomic E-state index is 0.0175. The molecule has 21 heavy (non-hydrogen) atoms. The summed E-state index contributed by atoms with van der Waals surface area (Å²) in [6.07, 6.45) is 2.75. The number of nitrogens with zero attached hydrogens (tertiary/aromatic N) is 1. The van der Waals surface area contributed by atoms with Gasteiger partial charge in [0, 0.05) is 13.6 Å². The molecule has 2 N–H and O–H groups in total. The van der Waals surface area contributed by atoms with Crippen LogP contribution >= 0.6 is 11.8 Å². The van der Waals surface area contributed by atoms with Crippen molar-refractivity contribution in [1.29, 1.82) is 0 Å². The van der Waals surface area contributed by atoms with Crippen LogP contribution in [0.2, 0.25) is 0 Å². The zero-order valence-electron chi connectivity index (χ0n) is 13.8. The molecule has 0 heterocycles. The minimum atomic E-state index is -0.392. The van der Waals surface area contributed by atoms with Gasteiger partial charge in [0.2, 0.25) is 5.91 Å². The molecule has 0 saturated carbocycles. The van der Waals surface area contributed by atoms with Crippen molar-refractivity contribution in [2.24, 2.45) is 5.73 Å². The van der Waals surface area contributed by atoms with Gasteiger partial charge in [0.1, 0.15) is 0 Å². The monoisotopic (exact) mass is 308 g/mol. The number of nitrogens with two attached hydrogens (primary N) is 1. The normalized spacial score (nSPS) is 13.0. The van der Waals surface area contributed by atoms with Crippen molar-refractivity contribution in [3.63, 3.8) is 0 Å². The van der Waals surface area contributed by atoms with Crippen LogP contribution in [0.3, 0.4) is 0 Å². The molecule has 1 atom stereocenters. The van der Waals surface area contributed by atoms with E-state index in [1.165, 1.54) is 5.56 Å². The molecule has 0 unspecified atom stereocenters. The molecule has 0 aliphatic heterocycles. The summed E-state index contributed by atoms with van der Waals surface area (Å²) in [5.41, 5.74) is 8.53. The van der Waals surface area contributed by atoms with Crippen LogP contribution in [0.15, 0.2) is 24.3 Å². The lowest BCUT2D eigenvalue weighted by Gasteiger charge is -2.22. The first-order valence-corrected chi connectivity index (χ1v) is 8.74. The number of benzene rings is 1. The highest BCUT2D eigenvalue weighted by atomic mass is 32.2. The Balaban J connectivity index is 2.62. The van der Waals surface area contributed by atoms with Gasteiger partial charge in [-0.05, 0) is 35.0 Å². The predicted molar refractivity (Wildman–Crippen MR) is 92.6 cm³/mol. The number of carbonyl (C=O) groups is 1. The Hall–Kier alpha value is -1.00. The molecular formula is C17H28N2OS. The molecule has 118 valence electrons. The quantitative estimate of drug-likeness (QED) is 0.878. The van der Waals surface area contributed by atoms with Gasteiger partial charge in [-0.3, -0.25) is 4.79 Å². The molecule has 0 fully saturated rings. The van der Waals surface area contributed by atoms with E-state index in [2.05, 4.69) is 45.0 Å². The Morgan fingerprint density at radius 2 is 1.86 bits per heavy atom. The maximum atomic E-state index is 12.2. The van der Waals surface area contributed by atoms with Gasteiger partial charge in [0.15, 0.2) is 0 Å². The number of hydrogen-bond donors (Lipinski definition) is 1. The highest BCUT2D eigenvalue weighted by Gasteiger charge is 2.18. The fourth-order valence-electron chi connectivity index (χ4n) is 2.11. The average Bonchev–Trinajstić information content (AvgIpc) is 2.43. The fourth-order valence-corrected chi connectivity index (χ4v) is 2.60. The first-order chi connectivity index (χ1) is 9.75. The summed E-state index contributed by atoms with van der Waals surface area (Å²) in [5, 5.41) is 0. The second-order valence-electron chi connectivity index (χ2n) is 6.53. The Morgan fingerprint density at radius 3 is 2.33 bits per heavy atom. The highest BCUT2D eigenvalue weighted by molar-refractivity contribution is 7.98. The van der Waals surface area contributed by atoms with Crippen LogP contribution in [-0.4, -0.2) is 35.9 Å². The van der Waals surface area contributed by atoms with E-state index in [1.807, 2.05) is 13.3 Å².